The first-order chi connectivity index (χ1) is 32.2. The fourth-order valence-electron chi connectivity index (χ4n) is 9.74. The highest BCUT2D eigenvalue weighted by molar-refractivity contribution is 6.26. The van der Waals surface area contributed by atoms with Gasteiger partial charge in [-0.1, -0.05) is 133 Å². The van der Waals surface area contributed by atoms with Crippen molar-refractivity contribution in [1.29, 1.82) is 0 Å². The van der Waals surface area contributed by atoms with E-state index in [1.54, 1.807) is 0 Å². The maximum atomic E-state index is 5.27. The minimum Gasteiger partial charge on any atom is -0.306 e. The van der Waals surface area contributed by atoms with E-state index >= 15 is 0 Å². The largest absolute Gasteiger partial charge is 0.306 e. The van der Waals surface area contributed by atoms with E-state index in [9.17, 15) is 0 Å². The van der Waals surface area contributed by atoms with Gasteiger partial charge >= 0.3 is 0 Å². The molecule has 0 radical (unpaired) electrons. The van der Waals surface area contributed by atoms with Crippen LogP contribution in [0, 0.1) is 0 Å². The summed E-state index contributed by atoms with van der Waals surface area (Å²) >= 11 is 0. The fourth-order valence-corrected chi connectivity index (χ4v) is 9.74. The normalized spacial score (nSPS) is 11.7. The number of rotatable bonds is 6. The van der Waals surface area contributed by atoms with Crippen molar-refractivity contribution < 1.29 is 0 Å². The van der Waals surface area contributed by atoms with Gasteiger partial charge in [0.25, 0.3) is 0 Å². The van der Waals surface area contributed by atoms with E-state index in [0.29, 0.717) is 0 Å². The first-order valence-electron chi connectivity index (χ1n) is 21.9. The van der Waals surface area contributed by atoms with Gasteiger partial charge in [0.05, 0.1) is 28.3 Å². The topological polar surface area (TPSA) is 56.0 Å². The predicted octanol–water partition coefficient (Wildman–Crippen LogP) is 15.3. The van der Waals surface area contributed by atoms with E-state index in [-0.39, 0.29) is 0 Å². The highest BCUT2D eigenvalue weighted by Gasteiger charge is 2.17. The van der Waals surface area contributed by atoms with E-state index in [2.05, 4.69) is 187 Å². The Hall–Kier alpha value is -8.80. The van der Waals surface area contributed by atoms with Crippen LogP contribution < -0.4 is 0 Å². The molecule has 0 unspecified atom stereocenters. The van der Waals surface area contributed by atoms with Crippen molar-refractivity contribution in [3.05, 3.63) is 225 Å². The molecule has 8 aromatic carbocycles. The number of fused-ring (bicyclic) bond motifs is 11. The lowest BCUT2D eigenvalue weighted by atomic mass is 9.89. The molecule has 13 rings (SSSR count). The Balaban J connectivity index is 0.907. The van der Waals surface area contributed by atoms with Gasteiger partial charge in [-0.2, -0.15) is 0 Å². The van der Waals surface area contributed by atoms with Crippen molar-refractivity contribution in [2.75, 3.05) is 0 Å². The van der Waals surface area contributed by atoms with Gasteiger partial charge < -0.3 is 4.40 Å². The minimum atomic E-state index is 0.925. The van der Waals surface area contributed by atoms with Crippen LogP contribution >= 0.6 is 0 Å². The lowest BCUT2D eigenvalue weighted by molar-refractivity contribution is 1.20. The molecule has 0 saturated heterocycles. The number of hydrogen-bond donors (Lipinski definition) is 0. The summed E-state index contributed by atoms with van der Waals surface area (Å²) in [5.74, 6) is 0. The number of nitrogens with zero attached hydrogens (tertiary/aromatic N) is 5. The van der Waals surface area contributed by atoms with Crippen LogP contribution in [-0.2, 0) is 0 Å². The molecule has 0 spiro atoms. The highest BCUT2D eigenvalue weighted by Crippen LogP contribution is 2.41. The molecule has 0 bridgehead atoms. The average Bonchev–Trinajstić information content (AvgIpc) is 3.84. The Labute approximate surface area is 374 Å². The van der Waals surface area contributed by atoms with Crippen molar-refractivity contribution in [1.82, 2.24) is 24.3 Å². The maximum Gasteiger partial charge on any atom is 0.146 e. The summed E-state index contributed by atoms with van der Waals surface area (Å²) in [7, 11) is 0. The summed E-state index contributed by atoms with van der Waals surface area (Å²) < 4.78 is 2.14. The molecule has 5 nitrogen and oxygen atoms in total. The molecular weight excluding hydrogens is 791 g/mol. The number of pyridine rings is 4. The molecule has 5 aromatic heterocycles. The van der Waals surface area contributed by atoms with Gasteiger partial charge in [0.2, 0.25) is 0 Å². The summed E-state index contributed by atoms with van der Waals surface area (Å²) in [5.41, 5.74) is 14.5. The number of aromatic nitrogens is 5. The fraction of sp³-hybridized carbons (Fsp3) is 0. The number of imidazole rings is 1. The van der Waals surface area contributed by atoms with Crippen LogP contribution in [0.25, 0.3) is 127 Å². The van der Waals surface area contributed by atoms with Crippen molar-refractivity contribution in [2.24, 2.45) is 0 Å². The molecule has 0 saturated carbocycles. The molecule has 0 amide bonds. The second-order valence-corrected chi connectivity index (χ2v) is 16.7. The zero-order valence-electron chi connectivity index (χ0n) is 35.1. The molecule has 0 atom stereocenters. The van der Waals surface area contributed by atoms with Gasteiger partial charge in [0, 0.05) is 63.2 Å². The third-order valence-electron chi connectivity index (χ3n) is 12.9. The van der Waals surface area contributed by atoms with Crippen LogP contribution in [0.3, 0.4) is 0 Å². The lowest BCUT2D eigenvalue weighted by Crippen LogP contribution is -1.93. The summed E-state index contributed by atoms with van der Waals surface area (Å²) in [6.45, 7) is 0. The molecule has 0 aliphatic rings. The molecule has 0 aliphatic heterocycles. The van der Waals surface area contributed by atoms with Crippen LogP contribution in [-0.4, -0.2) is 24.3 Å². The lowest BCUT2D eigenvalue weighted by Gasteiger charge is -2.15. The summed E-state index contributed by atoms with van der Waals surface area (Å²) in [5, 5.41) is 10.7. The molecule has 13 aromatic rings. The van der Waals surface area contributed by atoms with Crippen molar-refractivity contribution >= 4 is 59.6 Å². The van der Waals surface area contributed by atoms with Gasteiger partial charge in [-0.3, -0.25) is 9.97 Å². The smallest absolute Gasteiger partial charge is 0.146 e. The number of hydrogen-bond acceptors (Lipinski definition) is 4. The quantitative estimate of drug-likeness (QED) is 0.157. The average molecular weight is 828 g/mol. The van der Waals surface area contributed by atoms with Crippen molar-refractivity contribution in [3.63, 3.8) is 0 Å². The van der Waals surface area contributed by atoms with E-state index in [1.165, 1.54) is 37.9 Å². The third kappa shape index (κ3) is 6.24. The van der Waals surface area contributed by atoms with Crippen LogP contribution in [0.4, 0.5) is 0 Å². The van der Waals surface area contributed by atoms with E-state index in [1.807, 2.05) is 42.7 Å². The minimum absolute atomic E-state index is 0.925. The first kappa shape index (κ1) is 36.8. The van der Waals surface area contributed by atoms with Gasteiger partial charge in [0.15, 0.2) is 0 Å². The van der Waals surface area contributed by atoms with Crippen LogP contribution in [0.1, 0.15) is 0 Å². The molecular formula is C60H37N5. The summed E-state index contributed by atoms with van der Waals surface area (Å²) in [6, 6.07) is 71.2. The zero-order valence-corrected chi connectivity index (χ0v) is 35.1. The predicted molar refractivity (Wildman–Crippen MR) is 269 cm³/mol. The standard InChI is InChI=1S/C60H37N5/c1-2-12-39(13-3-1)57-37-65-31-28-51-58(60(65)64-57)50-16-6-7-19-56(50)63-59(51)40-22-20-38(21-23-40)41-24-26-48-49-27-25-42(36-53(49)47-15-5-4-14-46(47)52(48)35-41)43-32-44(54-17-8-10-29-61-54)34-45(33-43)55-18-9-11-30-62-55/h1-37H. The van der Waals surface area contributed by atoms with Crippen LogP contribution in [0.15, 0.2) is 225 Å². The maximum absolute atomic E-state index is 5.27. The summed E-state index contributed by atoms with van der Waals surface area (Å²) in [6.07, 6.45) is 7.92. The Morgan fingerprint density at radius 1 is 0.308 bits per heavy atom. The van der Waals surface area contributed by atoms with E-state index in [0.717, 1.165) is 89.0 Å². The monoisotopic (exact) mass is 827 g/mol. The molecule has 0 aliphatic carbocycles. The molecule has 0 fully saturated rings. The van der Waals surface area contributed by atoms with Gasteiger partial charge in [-0.25, -0.2) is 9.97 Å². The SMILES string of the molecule is c1ccc(-c2cn3ccc4c(-c5ccc(-c6ccc7c8ccc(-c9cc(-c%10ccccn%10)cc(-c%10ccccn%10)c9)cc8c8ccccc8c7c6)cc5)nc5ccccc5c4c3n2)cc1. The van der Waals surface area contributed by atoms with E-state index < -0.39 is 0 Å². The zero-order chi connectivity index (χ0) is 42.8. The van der Waals surface area contributed by atoms with Gasteiger partial charge in [-0.05, 0) is 121 Å². The number of para-hydroxylation sites is 1. The third-order valence-corrected chi connectivity index (χ3v) is 12.9. The summed E-state index contributed by atoms with van der Waals surface area (Å²) in [4.78, 5) is 19.9. The Kier molecular flexibility index (Phi) is 8.46. The van der Waals surface area contributed by atoms with Crippen LogP contribution in [0.5, 0.6) is 0 Å². The Bertz CT molecular complexity index is 3900. The van der Waals surface area contributed by atoms with Gasteiger partial charge in [-0.15, -0.1) is 0 Å². The Morgan fingerprint density at radius 3 is 1.49 bits per heavy atom. The molecule has 65 heavy (non-hydrogen) atoms. The van der Waals surface area contributed by atoms with Gasteiger partial charge in [0.1, 0.15) is 5.65 Å². The highest BCUT2D eigenvalue weighted by atomic mass is 15.0. The molecule has 302 valence electrons. The van der Waals surface area contributed by atoms with Crippen molar-refractivity contribution in [2.45, 2.75) is 0 Å². The van der Waals surface area contributed by atoms with Crippen molar-refractivity contribution in [3.8, 4) is 67.3 Å². The Morgan fingerprint density at radius 2 is 0.846 bits per heavy atom. The van der Waals surface area contributed by atoms with E-state index in [4.69, 9.17) is 19.9 Å². The van der Waals surface area contributed by atoms with Crippen LogP contribution in [0.2, 0.25) is 0 Å². The molecule has 5 heterocycles. The second-order valence-electron chi connectivity index (χ2n) is 16.7. The second kappa shape index (κ2) is 14.9. The molecule has 5 heteroatoms. The number of benzene rings is 8. The first-order valence-corrected chi connectivity index (χ1v) is 21.9. The molecule has 0 N–H and O–H groups in total.